The topological polar surface area (TPSA) is 122 Å². The smallest absolute Gasteiger partial charge is 0.339 e. The Labute approximate surface area is 207 Å². The van der Waals surface area contributed by atoms with Crippen LogP contribution in [0.3, 0.4) is 0 Å². The summed E-state index contributed by atoms with van der Waals surface area (Å²) in [5.74, 6) is -1.24. The first-order chi connectivity index (χ1) is 16.3. The molecule has 0 bridgehead atoms. The van der Waals surface area contributed by atoms with Gasteiger partial charge in [-0.05, 0) is 57.9 Å². The molecule has 0 radical (unpaired) electrons. The second kappa shape index (κ2) is 10.1. The second-order valence-corrected chi connectivity index (χ2v) is 8.61. The minimum Gasteiger partial charge on any atom is -0.480 e. The van der Waals surface area contributed by atoms with Gasteiger partial charge in [-0.2, -0.15) is 0 Å². The lowest BCUT2D eigenvalue weighted by Crippen LogP contribution is -2.32. The number of hydrogen-bond donors (Lipinski definition) is 3. The van der Waals surface area contributed by atoms with E-state index in [2.05, 4.69) is 31.2 Å². The maximum Gasteiger partial charge on any atom is 0.339 e. The number of carbonyl (C=O) groups is 2. The van der Waals surface area contributed by atoms with E-state index in [0.717, 1.165) is 0 Å². The van der Waals surface area contributed by atoms with Crippen LogP contribution in [0.25, 0.3) is 10.9 Å². The highest BCUT2D eigenvalue weighted by molar-refractivity contribution is 9.10. The van der Waals surface area contributed by atoms with E-state index in [-0.39, 0.29) is 17.8 Å². The summed E-state index contributed by atoms with van der Waals surface area (Å²) >= 11 is 9.36. The zero-order valence-corrected chi connectivity index (χ0v) is 19.7. The van der Waals surface area contributed by atoms with Crippen LogP contribution in [-0.2, 0) is 11.2 Å². The van der Waals surface area contributed by atoms with E-state index in [4.69, 9.17) is 16.3 Å². The highest BCUT2D eigenvalue weighted by atomic mass is 79.9. The Kier molecular flexibility index (Phi) is 6.95. The molecule has 0 aliphatic rings. The fourth-order valence-corrected chi connectivity index (χ4v) is 3.80. The number of anilines is 1. The molecular formula is C24H17BrClN3O5. The maximum atomic E-state index is 12.0. The van der Waals surface area contributed by atoms with Crippen LogP contribution in [-0.4, -0.2) is 38.2 Å². The number of aromatic carboxylic acids is 1. The molecule has 4 aromatic rings. The number of rotatable bonds is 8. The molecule has 0 amide bonds. The Morgan fingerprint density at radius 1 is 1.09 bits per heavy atom. The fraction of sp³-hybridized carbons (Fsp3) is 0.0833. The molecule has 10 heteroatoms. The molecule has 0 aliphatic heterocycles. The van der Waals surface area contributed by atoms with Crippen molar-refractivity contribution in [3.8, 4) is 11.5 Å². The molecule has 2 aromatic carbocycles. The van der Waals surface area contributed by atoms with Gasteiger partial charge in [0.05, 0.1) is 9.99 Å². The molecule has 2 heterocycles. The monoisotopic (exact) mass is 541 g/mol. The van der Waals surface area contributed by atoms with Crippen LogP contribution in [0, 0.1) is 0 Å². The van der Waals surface area contributed by atoms with Crippen molar-refractivity contribution in [3.63, 3.8) is 0 Å². The molecule has 0 spiro atoms. The summed E-state index contributed by atoms with van der Waals surface area (Å²) in [4.78, 5) is 32.1. The molecule has 2 aromatic heterocycles. The standard InChI is InChI=1S/C24H17BrClN3O5/c25-18-12-27-8-7-21(18)34-16-4-1-13(2-5-16)9-20(24(32)33)29-22-17(23(30)31)11-14-10-15(26)3-6-19(14)28-22/h1-8,10-12,20H,9H2,(H,28,29)(H,30,31)(H,32,33). The number of ether oxygens (including phenoxy) is 1. The first kappa shape index (κ1) is 23.5. The predicted molar refractivity (Wildman–Crippen MR) is 131 cm³/mol. The van der Waals surface area contributed by atoms with Gasteiger partial charge in [-0.1, -0.05) is 23.7 Å². The van der Waals surface area contributed by atoms with Gasteiger partial charge in [-0.3, -0.25) is 4.98 Å². The van der Waals surface area contributed by atoms with Crippen LogP contribution >= 0.6 is 27.5 Å². The van der Waals surface area contributed by atoms with E-state index >= 15 is 0 Å². The molecule has 0 saturated carbocycles. The summed E-state index contributed by atoms with van der Waals surface area (Å²) in [7, 11) is 0. The first-order valence-electron chi connectivity index (χ1n) is 9.99. The van der Waals surface area contributed by atoms with Gasteiger partial charge in [-0.15, -0.1) is 0 Å². The van der Waals surface area contributed by atoms with E-state index in [1.54, 1.807) is 60.9 Å². The molecule has 34 heavy (non-hydrogen) atoms. The molecule has 1 atom stereocenters. The third kappa shape index (κ3) is 5.44. The summed E-state index contributed by atoms with van der Waals surface area (Å²) in [6, 6.07) is 13.8. The van der Waals surface area contributed by atoms with Gasteiger partial charge in [0.25, 0.3) is 0 Å². The van der Waals surface area contributed by atoms with Crippen LogP contribution in [0.4, 0.5) is 5.82 Å². The van der Waals surface area contributed by atoms with Gasteiger partial charge in [0.1, 0.15) is 28.9 Å². The molecule has 3 N–H and O–H groups in total. The van der Waals surface area contributed by atoms with E-state index < -0.39 is 18.0 Å². The Balaban J connectivity index is 1.55. The lowest BCUT2D eigenvalue weighted by atomic mass is 10.0. The minimum atomic E-state index is -1.23. The maximum absolute atomic E-state index is 12.0. The first-order valence-corrected chi connectivity index (χ1v) is 11.2. The average Bonchev–Trinajstić information content (AvgIpc) is 2.80. The Bertz CT molecular complexity index is 1380. The normalized spacial score (nSPS) is 11.7. The number of halogens is 2. The zero-order chi connectivity index (χ0) is 24.2. The van der Waals surface area contributed by atoms with Crippen LogP contribution in [0.5, 0.6) is 11.5 Å². The number of fused-ring (bicyclic) bond motifs is 1. The van der Waals surface area contributed by atoms with Gasteiger partial charge in [-0.25, -0.2) is 14.6 Å². The van der Waals surface area contributed by atoms with Crippen molar-refractivity contribution in [3.05, 3.63) is 87.6 Å². The van der Waals surface area contributed by atoms with Gasteiger partial charge < -0.3 is 20.3 Å². The molecule has 172 valence electrons. The van der Waals surface area contributed by atoms with Crippen LogP contribution in [0.1, 0.15) is 15.9 Å². The lowest BCUT2D eigenvalue weighted by molar-refractivity contribution is -0.137. The van der Waals surface area contributed by atoms with Crippen molar-refractivity contribution in [2.24, 2.45) is 0 Å². The Morgan fingerprint density at radius 2 is 1.85 bits per heavy atom. The summed E-state index contributed by atoms with van der Waals surface area (Å²) < 4.78 is 6.50. The zero-order valence-electron chi connectivity index (χ0n) is 17.4. The molecule has 8 nitrogen and oxygen atoms in total. The highest BCUT2D eigenvalue weighted by Gasteiger charge is 2.22. The van der Waals surface area contributed by atoms with Crippen molar-refractivity contribution >= 4 is 56.2 Å². The van der Waals surface area contributed by atoms with E-state index in [0.29, 0.717) is 37.5 Å². The summed E-state index contributed by atoms with van der Waals surface area (Å²) in [5, 5.41) is 23.1. The van der Waals surface area contributed by atoms with Crippen molar-refractivity contribution in [2.45, 2.75) is 12.5 Å². The van der Waals surface area contributed by atoms with Gasteiger partial charge >= 0.3 is 11.9 Å². The lowest BCUT2D eigenvalue weighted by Gasteiger charge is -2.17. The minimum absolute atomic E-state index is 0.0304. The van der Waals surface area contributed by atoms with Crippen molar-refractivity contribution in [2.75, 3.05) is 5.32 Å². The molecule has 0 fully saturated rings. The number of pyridine rings is 2. The number of aromatic nitrogens is 2. The van der Waals surface area contributed by atoms with Crippen molar-refractivity contribution in [1.29, 1.82) is 0 Å². The Hall–Kier alpha value is -3.69. The van der Waals surface area contributed by atoms with Crippen LogP contribution < -0.4 is 10.1 Å². The number of carboxylic acids is 2. The van der Waals surface area contributed by atoms with Crippen molar-refractivity contribution in [1.82, 2.24) is 9.97 Å². The SMILES string of the molecule is O=C(O)c1cc2cc(Cl)ccc2nc1NC(Cc1ccc(Oc2ccncc2Br)cc1)C(=O)O. The van der Waals surface area contributed by atoms with Crippen LogP contribution in [0.2, 0.25) is 5.02 Å². The number of benzene rings is 2. The van der Waals surface area contributed by atoms with Gasteiger partial charge in [0, 0.05) is 35.3 Å². The molecule has 0 aliphatic carbocycles. The summed E-state index contributed by atoms with van der Waals surface area (Å²) in [5.41, 5.74) is 1.06. The molecule has 1 unspecified atom stereocenters. The number of carboxylic acid groups (broad SMARTS) is 2. The summed E-state index contributed by atoms with van der Waals surface area (Å²) in [6.07, 6.45) is 3.32. The van der Waals surface area contributed by atoms with E-state index in [9.17, 15) is 19.8 Å². The quantitative estimate of drug-likeness (QED) is 0.261. The second-order valence-electron chi connectivity index (χ2n) is 7.32. The van der Waals surface area contributed by atoms with Gasteiger partial charge in [0.2, 0.25) is 0 Å². The van der Waals surface area contributed by atoms with Gasteiger partial charge in [0.15, 0.2) is 0 Å². The molecular weight excluding hydrogens is 526 g/mol. The third-order valence-electron chi connectivity index (χ3n) is 4.94. The number of nitrogens with zero attached hydrogens (tertiary/aromatic N) is 2. The third-order valence-corrected chi connectivity index (χ3v) is 5.77. The predicted octanol–water partition coefficient (Wildman–Crippen LogP) is 5.64. The number of nitrogens with one attached hydrogen (secondary N) is 1. The largest absolute Gasteiger partial charge is 0.480 e. The average molecular weight is 543 g/mol. The van der Waals surface area contributed by atoms with E-state index in [1.165, 1.54) is 6.07 Å². The van der Waals surface area contributed by atoms with Crippen LogP contribution in [0.15, 0.2) is 71.5 Å². The van der Waals surface area contributed by atoms with Crippen molar-refractivity contribution < 1.29 is 24.5 Å². The number of hydrogen-bond acceptors (Lipinski definition) is 6. The molecule has 0 saturated heterocycles. The fourth-order valence-electron chi connectivity index (χ4n) is 3.29. The Morgan fingerprint density at radius 3 is 2.53 bits per heavy atom. The summed E-state index contributed by atoms with van der Waals surface area (Å²) in [6.45, 7) is 0. The van der Waals surface area contributed by atoms with E-state index in [1.807, 2.05) is 0 Å². The number of aliphatic carboxylic acids is 1. The highest BCUT2D eigenvalue weighted by Crippen LogP contribution is 2.29. The molecule has 4 rings (SSSR count).